The van der Waals surface area contributed by atoms with Crippen molar-refractivity contribution in [3.8, 4) is 0 Å². The molecule has 134 valence electrons. The Morgan fingerprint density at radius 1 is 0.750 bits per heavy atom. The zero-order valence-corrected chi connectivity index (χ0v) is 15.0. The molecule has 3 N–H and O–H groups in total. The van der Waals surface area contributed by atoms with Gasteiger partial charge in [0, 0.05) is 52.1 Å². The third-order valence-electron chi connectivity index (χ3n) is 5.86. The van der Waals surface area contributed by atoms with Gasteiger partial charge in [-0.1, -0.05) is 0 Å². The van der Waals surface area contributed by atoms with E-state index in [1.807, 2.05) is 6.92 Å². The number of likely N-dealkylation sites (tertiary alicyclic amines) is 3. The van der Waals surface area contributed by atoms with Gasteiger partial charge in [0.2, 0.25) is 0 Å². The molecule has 3 aliphatic heterocycles. The van der Waals surface area contributed by atoms with Crippen LogP contribution in [0.25, 0.3) is 0 Å². The number of hydrogen-bond acceptors (Lipinski definition) is 3. The maximum atomic E-state index is 8.49. The first-order valence-corrected chi connectivity index (χ1v) is 9.47. The third-order valence-corrected chi connectivity index (χ3v) is 5.86. The molecule has 2 atom stereocenters. The summed E-state index contributed by atoms with van der Waals surface area (Å²) in [4.78, 5) is 6.58. The molecule has 0 amide bonds. The average Bonchev–Trinajstić information content (AvgIpc) is 2.94. The minimum absolute atomic E-state index is 0.519. The number of nitrogens with zero attached hydrogens (tertiary/aromatic N) is 3. The first kappa shape index (κ1) is 17.2. The van der Waals surface area contributed by atoms with Crippen molar-refractivity contribution >= 4 is 17.5 Å². The van der Waals surface area contributed by atoms with E-state index in [0.29, 0.717) is 17.7 Å². The largest absolute Gasteiger partial charge is 0.361 e. The smallest absolute Gasteiger partial charge is 0.0961 e. The lowest BCUT2D eigenvalue weighted by molar-refractivity contribution is 0.256. The van der Waals surface area contributed by atoms with Gasteiger partial charge in [-0.05, 0) is 44.4 Å². The van der Waals surface area contributed by atoms with Crippen LogP contribution in [0.4, 0.5) is 0 Å². The molecule has 3 aliphatic rings. The third kappa shape index (κ3) is 4.08. The van der Waals surface area contributed by atoms with Crippen LogP contribution in [0.3, 0.4) is 0 Å². The molecule has 3 rings (SSSR count). The molecule has 2 unspecified atom stereocenters. The van der Waals surface area contributed by atoms with Gasteiger partial charge in [0.25, 0.3) is 0 Å². The molecule has 0 spiro atoms. The van der Waals surface area contributed by atoms with E-state index in [1.54, 1.807) is 0 Å². The molecule has 6 nitrogen and oxygen atoms in total. The number of hydrogen-bond donors (Lipinski definition) is 3. The summed E-state index contributed by atoms with van der Waals surface area (Å²) in [5, 5.41) is 24.5. The van der Waals surface area contributed by atoms with Crippen LogP contribution in [-0.4, -0.2) is 71.5 Å². The lowest BCUT2D eigenvalue weighted by Crippen LogP contribution is -2.42. The van der Waals surface area contributed by atoms with Gasteiger partial charge in [0.05, 0.1) is 17.5 Å². The van der Waals surface area contributed by atoms with Crippen molar-refractivity contribution in [1.82, 2.24) is 14.7 Å². The summed E-state index contributed by atoms with van der Waals surface area (Å²) in [5.41, 5.74) is 0. The van der Waals surface area contributed by atoms with E-state index in [2.05, 4.69) is 14.7 Å². The summed E-state index contributed by atoms with van der Waals surface area (Å²) < 4.78 is 0. The monoisotopic (exact) mass is 332 g/mol. The highest BCUT2D eigenvalue weighted by molar-refractivity contribution is 5.81. The van der Waals surface area contributed by atoms with Gasteiger partial charge in [-0.15, -0.1) is 0 Å². The van der Waals surface area contributed by atoms with Crippen molar-refractivity contribution in [2.75, 3.05) is 39.3 Å². The highest BCUT2D eigenvalue weighted by Gasteiger charge is 2.29. The molecule has 0 bridgehead atoms. The predicted molar refractivity (Wildman–Crippen MR) is 98.3 cm³/mol. The summed E-state index contributed by atoms with van der Waals surface area (Å²) in [5.74, 6) is 3.32. The van der Waals surface area contributed by atoms with Gasteiger partial charge in [0.15, 0.2) is 0 Å². The highest BCUT2D eigenvalue weighted by Crippen LogP contribution is 2.26. The van der Waals surface area contributed by atoms with Gasteiger partial charge in [-0.3, -0.25) is 16.2 Å². The number of nitrogens with one attached hydrogen (secondary N) is 3. The molecule has 0 radical (unpaired) electrons. The Hall–Kier alpha value is -1.59. The second-order valence-electron chi connectivity index (χ2n) is 7.78. The fraction of sp³-hybridized carbons (Fsp3) is 0.833. The van der Waals surface area contributed by atoms with E-state index >= 15 is 0 Å². The lowest BCUT2D eigenvalue weighted by atomic mass is 9.94. The van der Waals surface area contributed by atoms with E-state index < -0.39 is 0 Å². The van der Waals surface area contributed by atoms with Crippen LogP contribution in [0.5, 0.6) is 0 Å². The number of piperidine rings is 1. The lowest BCUT2D eigenvalue weighted by Gasteiger charge is -2.35. The SMILES string of the molecule is CC(=N)N1CCCC(CC(=N)N2CCC(CC(=N)N3CCC3)C2)C1. The summed E-state index contributed by atoms with van der Waals surface area (Å²) >= 11 is 0. The molecule has 0 saturated carbocycles. The van der Waals surface area contributed by atoms with E-state index in [4.69, 9.17) is 16.2 Å². The van der Waals surface area contributed by atoms with Crippen molar-refractivity contribution < 1.29 is 0 Å². The average molecular weight is 332 g/mol. The van der Waals surface area contributed by atoms with E-state index in [0.717, 1.165) is 76.6 Å². The maximum Gasteiger partial charge on any atom is 0.0961 e. The number of rotatable bonds is 4. The molecule has 0 aliphatic carbocycles. The summed E-state index contributed by atoms with van der Waals surface area (Å²) in [6.07, 6.45) is 6.41. The van der Waals surface area contributed by atoms with E-state index in [-0.39, 0.29) is 0 Å². The van der Waals surface area contributed by atoms with Gasteiger partial charge in [-0.25, -0.2) is 0 Å². The van der Waals surface area contributed by atoms with Crippen molar-refractivity contribution in [3.63, 3.8) is 0 Å². The van der Waals surface area contributed by atoms with E-state index in [9.17, 15) is 0 Å². The first-order chi connectivity index (χ1) is 11.5. The normalized spacial score (nSPS) is 27.1. The standard InChI is InChI=1S/C18H32N6/c1-14(19)23-6-2-4-15(12-23)10-18(21)24-9-5-16(13-24)11-17(20)22-7-3-8-22/h15-16,19-21H,2-13H2,1H3. The van der Waals surface area contributed by atoms with Crippen LogP contribution in [0.1, 0.15) is 45.4 Å². The molecule has 6 heteroatoms. The zero-order valence-electron chi connectivity index (χ0n) is 15.0. The second kappa shape index (κ2) is 7.53. The van der Waals surface area contributed by atoms with Gasteiger partial charge in [-0.2, -0.15) is 0 Å². The highest BCUT2D eigenvalue weighted by atomic mass is 15.2. The number of amidine groups is 3. The molecule has 0 aromatic heterocycles. The molecule has 24 heavy (non-hydrogen) atoms. The molecule has 3 fully saturated rings. The fourth-order valence-corrected chi connectivity index (χ4v) is 4.17. The van der Waals surface area contributed by atoms with Crippen molar-refractivity contribution in [2.45, 2.75) is 45.4 Å². The van der Waals surface area contributed by atoms with Crippen LogP contribution in [0, 0.1) is 28.1 Å². The van der Waals surface area contributed by atoms with Gasteiger partial charge >= 0.3 is 0 Å². The summed E-state index contributed by atoms with van der Waals surface area (Å²) in [7, 11) is 0. The van der Waals surface area contributed by atoms with Gasteiger partial charge < -0.3 is 14.7 Å². The Morgan fingerprint density at radius 2 is 1.33 bits per heavy atom. The zero-order chi connectivity index (χ0) is 17.1. The maximum absolute atomic E-state index is 8.49. The Labute approximate surface area is 145 Å². The Bertz CT molecular complexity index is 498. The predicted octanol–water partition coefficient (Wildman–Crippen LogP) is 2.46. The minimum atomic E-state index is 0.519. The molecule has 0 aromatic carbocycles. The minimum Gasteiger partial charge on any atom is -0.361 e. The Balaban J connectivity index is 1.42. The van der Waals surface area contributed by atoms with E-state index in [1.165, 1.54) is 12.8 Å². The molecule has 3 heterocycles. The van der Waals surface area contributed by atoms with Crippen LogP contribution in [-0.2, 0) is 0 Å². The molecular weight excluding hydrogens is 300 g/mol. The van der Waals surface area contributed by atoms with Crippen LogP contribution in [0.2, 0.25) is 0 Å². The van der Waals surface area contributed by atoms with Gasteiger partial charge in [0.1, 0.15) is 0 Å². The molecular formula is C18H32N6. The summed E-state index contributed by atoms with van der Waals surface area (Å²) in [6.45, 7) is 7.88. The fourth-order valence-electron chi connectivity index (χ4n) is 4.17. The second-order valence-corrected chi connectivity index (χ2v) is 7.78. The Kier molecular flexibility index (Phi) is 5.41. The first-order valence-electron chi connectivity index (χ1n) is 9.47. The topological polar surface area (TPSA) is 81.3 Å². The van der Waals surface area contributed by atoms with Crippen LogP contribution >= 0.6 is 0 Å². The van der Waals surface area contributed by atoms with Crippen molar-refractivity contribution in [1.29, 1.82) is 16.2 Å². The molecule has 3 saturated heterocycles. The molecule has 0 aromatic rings. The van der Waals surface area contributed by atoms with Crippen molar-refractivity contribution in [3.05, 3.63) is 0 Å². The van der Waals surface area contributed by atoms with Crippen LogP contribution in [0.15, 0.2) is 0 Å². The Morgan fingerprint density at radius 3 is 1.96 bits per heavy atom. The van der Waals surface area contributed by atoms with Crippen LogP contribution < -0.4 is 0 Å². The summed E-state index contributed by atoms with van der Waals surface area (Å²) in [6, 6.07) is 0. The quantitative estimate of drug-likeness (QED) is 0.546. The van der Waals surface area contributed by atoms with Crippen molar-refractivity contribution in [2.24, 2.45) is 11.8 Å².